The number of hydrogen-bond acceptors (Lipinski definition) is 5. The Morgan fingerprint density at radius 1 is 1.22 bits per heavy atom. The van der Waals surface area contributed by atoms with Crippen molar-refractivity contribution < 1.29 is 9.59 Å². The minimum absolute atomic E-state index is 0.0180. The van der Waals surface area contributed by atoms with E-state index in [-0.39, 0.29) is 12.5 Å². The molecule has 3 aromatic rings. The molecule has 2 heterocycles. The monoisotopic (exact) mass is 361 g/mol. The van der Waals surface area contributed by atoms with Gasteiger partial charge in [0.2, 0.25) is 11.8 Å². The number of nitrogens with two attached hydrogens (primary N) is 1. The highest BCUT2D eigenvalue weighted by atomic mass is 16.2. The summed E-state index contributed by atoms with van der Waals surface area (Å²) in [5.74, 6) is 0.237. The molecule has 0 bridgehead atoms. The largest absolute Gasteiger partial charge is 0.366 e. The van der Waals surface area contributed by atoms with Crippen LogP contribution in [0, 0.1) is 6.92 Å². The van der Waals surface area contributed by atoms with Crippen LogP contribution < -0.4 is 16.0 Å². The van der Waals surface area contributed by atoms with Gasteiger partial charge in [-0.2, -0.15) is 5.10 Å². The number of carbonyl (C=O) groups excluding carboxylic acids is 2. The van der Waals surface area contributed by atoms with Crippen LogP contribution in [0.3, 0.4) is 0 Å². The molecule has 4 rings (SSSR count). The van der Waals surface area contributed by atoms with Crippen LogP contribution in [-0.2, 0) is 4.79 Å². The zero-order valence-corrected chi connectivity index (χ0v) is 14.9. The Morgan fingerprint density at radius 2 is 2.07 bits per heavy atom. The van der Waals surface area contributed by atoms with Gasteiger partial charge < -0.3 is 16.0 Å². The molecule has 7 nitrogen and oxygen atoms in total. The molecule has 1 aliphatic rings. The molecule has 0 atom stereocenters. The third-order valence-electron chi connectivity index (χ3n) is 4.81. The zero-order chi connectivity index (χ0) is 19.0. The summed E-state index contributed by atoms with van der Waals surface area (Å²) < 4.78 is 0. The average Bonchev–Trinajstić information content (AvgIpc) is 2.67. The van der Waals surface area contributed by atoms with Crippen molar-refractivity contribution in [2.75, 3.05) is 24.5 Å². The molecule has 136 valence electrons. The molecule has 2 amide bonds. The Labute approximate surface area is 156 Å². The standard InChI is InChI=1S/C20H19N5O2/c1-12-2-3-14(19(21)27)9-17(12)13-4-5-16-15(8-13)10-23-24-20(16)25-7-6-22-18(26)11-25/h2-5,8-10H,6-7,11H2,1H3,(H2,21,27)(H,22,26). The van der Waals surface area contributed by atoms with E-state index >= 15 is 0 Å². The van der Waals surface area contributed by atoms with Gasteiger partial charge in [-0.05, 0) is 47.9 Å². The normalized spacial score (nSPS) is 14.3. The second kappa shape index (κ2) is 6.68. The molecule has 7 heteroatoms. The molecule has 1 saturated heterocycles. The number of carbonyl (C=O) groups is 2. The van der Waals surface area contributed by atoms with Crippen molar-refractivity contribution in [3.63, 3.8) is 0 Å². The van der Waals surface area contributed by atoms with Crippen molar-refractivity contribution in [3.05, 3.63) is 53.7 Å². The number of benzene rings is 2. The molecule has 27 heavy (non-hydrogen) atoms. The van der Waals surface area contributed by atoms with Crippen LogP contribution in [-0.4, -0.2) is 41.6 Å². The van der Waals surface area contributed by atoms with Gasteiger partial charge in [0.1, 0.15) is 0 Å². The number of nitrogens with one attached hydrogen (secondary N) is 1. The Hall–Kier alpha value is -3.48. The van der Waals surface area contributed by atoms with E-state index in [1.54, 1.807) is 12.3 Å². The van der Waals surface area contributed by atoms with Gasteiger partial charge in [-0.25, -0.2) is 0 Å². The summed E-state index contributed by atoms with van der Waals surface area (Å²) >= 11 is 0. The van der Waals surface area contributed by atoms with Crippen LogP contribution in [0.4, 0.5) is 5.82 Å². The quantitative estimate of drug-likeness (QED) is 0.738. The lowest BCUT2D eigenvalue weighted by Gasteiger charge is -2.28. The van der Waals surface area contributed by atoms with E-state index in [1.165, 1.54) is 0 Å². The Kier molecular flexibility index (Phi) is 4.19. The van der Waals surface area contributed by atoms with E-state index in [9.17, 15) is 9.59 Å². The lowest BCUT2D eigenvalue weighted by atomic mass is 9.96. The summed E-state index contributed by atoms with van der Waals surface area (Å²) in [4.78, 5) is 25.2. The lowest BCUT2D eigenvalue weighted by molar-refractivity contribution is -0.120. The van der Waals surface area contributed by atoms with Crippen LogP contribution in [0.25, 0.3) is 21.9 Å². The third-order valence-corrected chi connectivity index (χ3v) is 4.81. The average molecular weight is 361 g/mol. The minimum Gasteiger partial charge on any atom is -0.366 e. The smallest absolute Gasteiger partial charge is 0.248 e. The van der Waals surface area contributed by atoms with Gasteiger partial charge in [0.15, 0.2) is 5.82 Å². The van der Waals surface area contributed by atoms with E-state index in [2.05, 4.69) is 15.5 Å². The molecule has 1 fully saturated rings. The maximum atomic E-state index is 11.7. The van der Waals surface area contributed by atoms with Crippen molar-refractivity contribution >= 4 is 28.4 Å². The lowest BCUT2D eigenvalue weighted by Crippen LogP contribution is -2.48. The van der Waals surface area contributed by atoms with Crippen LogP contribution >= 0.6 is 0 Å². The molecule has 0 radical (unpaired) electrons. The zero-order valence-electron chi connectivity index (χ0n) is 14.9. The molecule has 0 spiro atoms. The predicted octanol–water partition coefficient (Wildman–Crippen LogP) is 1.64. The molecule has 3 N–H and O–H groups in total. The molecule has 1 aliphatic heterocycles. The fourth-order valence-corrected chi connectivity index (χ4v) is 3.38. The molecule has 1 aromatic heterocycles. The van der Waals surface area contributed by atoms with E-state index in [0.717, 1.165) is 27.5 Å². The molecule has 2 aromatic carbocycles. The maximum Gasteiger partial charge on any atom is 0.248 e. The summed E-state index contributed by atoms with van der Waals surface area (Å²) in [5, 5.41) is 13.1. The minimum atomic E-state index is -0.450. The Bertz CT molecular complexity index is 1060. The van der Waals surface area contributed by atoms with Gasteiger partial charge in [-0.15, -0.1) is 5.10 Å². The Morgan fingerprint density at radius 3 is 2.85 bits per heavy atom. The number of aryl methyl sites for hydroxylation is 1. The highest BCUT2D eigenvalue weighted by Gasteiger charge is 2.20. The second-order valence-corrected chi connectivity index (χ2v) is 6.64. The number of hydrogen-bond donors (Lipinski definition) is 2. The number of anilines is 1. The van der Waals surface area contributed by atoms with E-state index in [4.69, 9.17) is 5.73 Å². The fourth-order valence-electron chi connectivity index (χ4n) is 3.38. The molecule has 0 saturated carbocycles. The van der Waals surface area contributed by atoms with E-state index in [1.807, 2.05) is 42.2 Å². The van der Waals surface area contributed by atoms with Gasteiger partial charge in [0, 0.05) is 29.4 Å². The summed E-state index contributed by atoms with van der Waals surface area (Å²) in [6, 6.07) is 11.4. The number of primary amides is 1. The van der Waals surface area contributed by atoms with E-state index < -0.39 is 5.91 Å². The number of rotatable bonds is 3. The van der Waals surface area contributed by atoms with Gasteiger partial charge in [0.25, 0.3) is 0 Å². The summed E-state index contributed by atoms with van der Waals surface area (Å²) in [6.45, 7) is 3.55. The van der Waals surface area contributed by atoms with Crippen molar-refractivity contribution in [2.45, 2.75) is 6.92 Å². The first kappa shape index (κ1) is 17.0. The summed E-state index contributed by atoms with van der Waals surface area (Å²) in [6.07, 6.45) is 1.71. The second-order valence-electron chi connectivity index (χ2n) is 6.64. The van der Waals surface area contributed by atoms with Gasteiger partial charge >= 0.3 is 0 Å². The number of aromatic nitrogens is 2. The van der Waals surface area contributed by atoms with Crippen molar-refractivity contribution in [2.24, 2.45) is 5.73 Å². The molecule has 0 aliphatic carbocycles. The van der Waals surface area contributed by atoms with Crippen molar-refractivity contribution in [1.82, 2.24) is 15.5 Å². The Balaban J connectivity index is 1.79. The third kappa shape index (κ3) is 3.19. The number of amides is 2. The fraction of sp³-hybridized carbons (Fsp3) is 0.200. The van der Waals surface area contributed by atoms with Gasteiger partial charge in [0.05, 0.1) is 12.7 Å². The van der Waals surface area contributed by atoms with Crippen molar-refractivity contribution in [1.29, 1.82) is 0 Å². The van der Waals surface area contributed by atoms with Crippen LogP contribution in [0.2, 0.25) is 0 Å². The highest BCUT2D eigenvalue weighted by Crippen LogP contribution is 2.31. The summed E-state index contributed by atoms with van der Waals surface area (Å²) in [7, 11) is 0. The van der Waals surface area contributed by atoms with E-state index in [0.29, 0.717) is 24.5 Å². The van der Waals surface area contributed by atoms with Gasteiger partial charge in [-0.1, -0.05) is 12.1 Å². The van der Waals surface area contributed by atoms with Crippen LogP contribution in [0.1, 0.15) is 15.9 Å². The SMILES string of the molecule is Cc1ccc(C(N)=O)cc1-c1ccc2c(N3CCNC(=O)C3)nncc2c1. The summed E-state index contributed by atoms with van der Waals surface area (Å²) in [5.41, 5.74) is 8.86. The predicted molar refractivity (Wildman–Crippen MR) is 103 cm³/mol. The molecular formula is C20H19N5O2. The van der Waals surface area contributed by atoms with Crippen LogP contribution in [0.15, 0.2) is 42.6 Å². The highest BCUT2D eigenvalue weighted by molar-refractivity contribution is 5.97. The molecule has 0 unspecified atom stereocenters. The molecular weight excluding hydrogens is 342 g/mol. The number of nitrogens with zero attached hydrogens (tertiary/aromatic N) is 3. The first-order valence-electron chi connectivity index (χ1n) is 8.71. The van der Waals surface area contributed by atoms with Gasteiger partial charge in [-0.3, -0.25) is 9.59 Å². The van der Waals surface area contributed by atoms with Crippen LogP contribution in [0.5, 0.6) is 0 Å². The maximum absolute atomic E-state index is 11.7. The topological polar surface area (TPSA) is 101 Å². The van der Waals surface area contributed by atoms with Crippen molar-refractivity contribution in [3.8, 4) is 11.1 Å². The first-order valence-corrected chi connectivity index (χ1v) is 8.71. The number of piperazine rings is 1. The number of fused-ring (bicyclic) bond motifs is 1. The first-order chi connectivity index (χ1) is 13.0.